The van der Waals surface area contributed by atoms with Gasteiger partial charge in [-0.05, 0) is 31.0 Å². The Hall–Kier alpha value is -2.24. The van der Waals surface area contributed by atoms with E-state index in [2.05, 4.69) is 10.1 Å². The molecule has 1 aliphatic heterocycles. The molecule has 1 saturated heterocycles. The summed E-state index contributed by atoms with van der Waals surface area (Å²) >= 11 is 0. The minimum absolute atomic E-state index is 0.0310. The molecule has 0 aromatic carbocycles. The Kier molecular flexibility index (Phi) is 4.15. The average molecular weight is 331 g/mol. The van der Waals surface area contributed by atoms with E-state index >= 15 is 0 Å². The maximum absolute atomic E-state index is 13.1. The summed E-state index contributed by atoms with van der Waals surface area (Å²) in [5, 5.41) is 13.3. The van der Waals surface area contributed by atoms with Gasteiger partial charge >= 0.3 is 0 Å². The Morgan fingerprint density at radius 3 is 2.83 bits per heavy atom. The lowest BCUT2D eigenvalue weighted by atomic mass is 10.0. The van der Waals surface area contributed by atoms with Crippen molar-refractivity contribution >= 4 is 10.0 Å². The van der Waals surface area contributed by atoms with Crippen molar-refractivity contribution in [1.82, 2.24) is 19.1 Å². The van der Waals surface area contributed by atoms with Gasteiger partial charge in [-0.25, -0.2) is 13.4 Å². The molecule has 3 rings (SSSR count). The van der Waals surface area contributed by atoms with E-state index in [9.17, 15) is 8.42 Å². The van der Waals surface area contributed by atoms with Crippen molar-refractivity contribution < 1.29 is 8.42 Å². The first-order valence-electron chi connectivity index (χ1n) is 7.40. The Morgan fingerprint density at radius 1 is 1.30 bits per heavy atom. The predicted molar refractivity (Wildman–Crippen MR) is 82.6 cm³/mol. The molecule has 23 heavy (non-hydrogen) atoms. The summed E-state index contributed by atoms with van der Waals surface area (Å²) < 4.78 is 29.4. The number of aromatic nitrogens is 3. The van der Waals surface area contributed by atoms with Crippen LogP contribution in [0.5, 0.6) is 0 Å². The lowest BCUT2D eigenvalue weighted by Crippen LogP contribution is -2.39. The van der Waals surface area contributed by atoms with E-state index in [1.807, 2.05) is 12.1 Å². The molecule has 0 aliphatic carbocycles. The zero-order valence-corrected chi connectivity index (χ0v) is 13.6. The zero-order chi connectivity index (χ0) is 16.4. The van der Waals surface area contributed by atoms with E-state index in [1.165, 1.54) is 22.6 Å². The Bertz CT molecular complexity index is 853. The molecule has 8 heteroatoms. The van der Waals surface area contributed by atoms with Crippen molar-refractivity contribution in [3.63, 3.8) is 0 Å². The van der Waals surface area contributed by atoms with Crippen LogP contribution in [0.3, 0.4) is 0 Å². The minimum atomic E-state index is -3.79. The average Bonchev–Trinajstić information content (AvgIpc) is 3.00. The monoisotopic (exact) mass is 331 g/mol. The summed E-state index contributed by atoms with van der Waals surface area (Å²) in [5.74, 6) is 0. The van der Waals surface area contributed by atoms with Gasteiger partial charge in [0.15, 0.2) is 5.69 Å². The van der Waals surface area contributed by atoms with E-state index in [0.717, 1.165) is 25.0 Å². The van der Waals surface area contributed by atoms with E-state index in [-0.39, 0.29) is 16.6 Å². The molecular weight excluding hydrogens is 314 g/mol. The highest BCUT2D eigenvalue weighted by Gasteiger charge is 2.37. The van der Waals surface area contributed by atoms with Crippen LogP contribution < -0.4 is 0 Å². The van der Waals surface area contributed by atoms with Crippen molar-refractivity contribution in [2.24, 2.45) is 7.05 Å². The zero-order valence-electron chi connectivity index (χ0n) is 12.8. The van der Waals surface area contributed by atoms with Crippen LogP contribution in [0.4, 0.5) is 0 Å². The summed E-state index contributed by atoms with van der Waals surface area (Å²) in [5.41, 5.74) is 0.789. The largest absolute Gasteiger partial charge is 0.271 e. The van der Waals surface area contributed by atoms with E-state index in [1.54, 1.807) is 17.9 Å². The maximum atomic E-state index is 13.1. The molecule has 0 spiro atoms. The standard InChI is InChI=1S/C15H17N5O2S/c1-19-13(7-9-18-19)14-5-2-3-10-20(14)23(21,22)15-6-4-8-17-12(15)11-16/h4,6-9,14H,2-3,5,10H2,1H3/t14-/m0/s1. The molecule has 0 N–H and O–H groups in total. The molecule has 0 bridgehead atoms. The lowest BCUT2D eigenvalue weighted by Gasteiger charge is -2.34. The summed E-state index contributed by atoms with van der Waals surface area (Å²) in [6, 6.07) is 6.42. The van der Waals surface area contributed by atoms with E-state index in [4.69, 9.17) is 5.26 Å². The van der Waals surface area contributed by atoms with Gasteiger partial charge in [0.1, 0.15) is 11.0 Å². The number of sulfonamides is 1. The van der Waals surface area contributed by atoms with Crippen LogP contribution >= 0.6 is 0 Å². The normalized spacial score (nSPS) is 19.4. The minimum Gasteiger partial charge on any atom is -0.271 e. The number of nitriles is 1. The fourth-order valence-electron chi connectivity index (χ4n) is 3.01. The Morgan fingerprint density at radius 2 is 2.13 bits per heavy atom. The first kappa shape index (κ1) is 15.6. The summed E-state index contributed by atoms with van der Waals surface area (Å²) in [7, 11) is -1.98. The lowest BCUT2D eigenvalue weighted by molar-refractivity contribution is 0.246. The summed E-state index contributed by atoms with van der Waals surface area (Å²) in [6.45, 7) is 0.429. The van der Waals surface area contributed by atoms with Gasteiger partial charge in [0.2, 0.25) is 10.0 Å². The quantitative estimate of drug-likeness (QED) is 0.852. The van der Waals surface area contributed by atoms with Crippen molar-refractivity contribution in [3.05, 3.63) is 42.0 Å². The van der Waals surface area contributed by atoms with Gasteiger partial charge in [-0.1, -0.05) is 6.42 Å². The van der Waals surface area contributed by atoms with Crippen LogP contribution in [0, 0.1) is 11.3 Å². The van der Waals surface area contributed by atoms with Crippen LogP contribution in [0.25, 0.3) is 0 Å². The number of nitrogens with zero attached hydrogens (tertiary/aromatic N) is 5. The molecule has 0 radical (unpaired) electrons. The summed E-state index contributed by atoms with van der Waals surface area (Å²) in [4.78, 5) is 3.85. The van der Waals surface area contributed by atoms with E-state index < -0.39 is 10.0 Å². The van der Waals surface area contributed by atoms with Crippen molar-refractivity contribution in [3.8, 4) is 6.07 Å². The van der Waals surface area contributed by atoms with Gasteiger partial charge < -0.3 is 0 Å². The molecule has 2 aromatic rings. The molecule has 7 nitrogen and oxygen atoms in total. The number of hydrogen-bond donors (Lipinski definition) is 0. The molecule has 1 atom stereocenters. The smallest absolute Gasteiger partial charge is 0.246 e. The van der Waals surface area contributed by atoms with Gasteiger partial charge in [0.05, 0.1) is 11.7 Å². The topological polar surface area (TPSA) is 91.9 Å². The van der Waals surface area contributed by atoms with Crippen LogP contribution in [0.15, 0.2) is 35.5 Å². The predicted octanol–water partition coefficient (Wildman–Crippen LogP) is 1.60. The first-order valence-corrected chi connectivity index (χ1v) is 8.84. The van der Waals surface area contributed by atoms with Gasteiger partial charge in [-0.15, -0.1) is 0 Å². The first-order chi connectivity index (χ1) is 11.1. The number of piperidine rings is 1. The highest BCUT2D eigenvalue weighted by molar-refractivity contribution is 7.89. The number of aryl methyl sites for hydroxylation is 1. The molecule has 1 aliphatic rings. The Balaban J connectivity index is 2.07. The van der Waals surface area contributed by atoms with Crippen LogP contribution in [-0.2, 0) is 17.1 Å². The van der Waals surface area contributed by atoms with Crippen molar-refractivity contribution in [2.45, 2.75) is 30.2 Å². The highest BCUT2D eigenvalue weighted by atomic mass is 32.2. The summed E-state index contributed by atoms with van der Waals surface area (Å²) in [6.07, 6.45) is 5.59. The molecular formula is C15H17N5O2S. The molecule has 120 valence electrons. The molecule has 0 unspecified atom stereocenters. The van der Waals surface area contributed by atoms with E-state index in [0.29, 0.717) is 6.54 Å². The second-order valence-corrected chi connectivity index (χ2v) is 7.33. The molecule has 1 fully saturated rings. The third-order valence-electron chi connectivity index (χ3n) is 4.12. The SMILES string of the molecule is Cn1nccc1[C@@H]1CCCCN1S(=O)(=O)c1cccnc1C#N. The van der Waals surface area contributed by atoms with Crippen LogP contribution in [-0.4, -0.2) is 34.0 Å². The number of pyridine rings is 1. The number of hydrogen-bond acceptors (Lipinski definition) is 5. The van der Waals surface area contributed by atoms with Gasteiger partial charge in [0.25, 0.3) is 0 Å². The van der Waals surface area contributed by atoms with Gasteiger partial charge in [-0.3, -0.25) is 4.68 Å². The molecule has 0 amide bonds. The highest BCUT2D eigenvalue weighted by Crippen LogP contribution is 2.35. The van der Waals surface area contributed by atoms with Gasteiger partial charge in [0, 0.05) is 26.0 Å². The third kappa shape index (κ3) is 2.73. The second-order valence-electron chi connectivity index (χ2n) is 5.47. The Labute approximate surface area is 135 Å². The van der Waals surface area contributed by atoms with Crippen LogP contribution in [0.1, 0.15) is 36.7 Å². The third-order valence-corrected chi connectivity index (χ3v) is 6.06. The fourth-order valence-corrected chi connectivity index (χ4v) is 4.77. The van der Waals surface area contributed by atoms with Crippen LogP contribution in [0.2, 0.25) is 0 Å². The van der Waals surface area contributed by atoms with Crippen molar-refractivity contribution in [2.75, 3.05) is 6.54 Å². The molecule has 3 heterocycles. The van der Waals surface area contributed by atoms with Gasteiger partial charge in [-0.2, -0.15) is 14.7 Å². The maximum Gasteiger partial charge on any atom is 0.246 e. The molecule has 2 aromatic heterocycles. The van der Waals surface area contributed by atoms with Crippen molar-refractivity contribution in [1.29, 1.82) is 5.26 Å². The second kappa shape index (κ2) is 6.10. The number of rotatable bonds is 3. The molecule has 0 saturated carbocycles. The fraction of sp³-hybridized carbons (Fsp3) is 0.400.